The summed E-state index contributed by atoms with van der Waals surface area (Å²) in [7, 11) is 0. The Balaban J connectivity index is 4.76. The summed E-state index contributed by atoms with van der Waals surface area (Å²) < 4.78 is -0.469. The average molecular weight is 346 g/mol. The van der Waals surface area contributed by atoms with Gasteiger partial charge in [0.2, 0.25) is 0 Å². The van der Waals surface area contributed by atoms with Crippen LogP contribution in [0.25, 0.3) is 0 Å². The van der Waals surface area contributed by atoms with Gasteiger partial charge < -0.3 is 0 Å². The van der Waals surface area contributed by atoms with Gasteiger partial charge in [-0.1, -0.05) is 0 Å². The molecule has 0 saturated heterocycles. The molecule has 4 N–H and O–H groups in total. The monoisotopic (exact) mass is 346 g/mol. The Morgan fingerprint density at radius 2 is 1.19 bits per heavy atom. The predicted molar refractivity (Wildman–Crippen MR) is 63.6 cm³/mol. The third-order valence-corrected chi connectivity index (χ3v) is 2.76. The summed E-state index contributed by atoms with van der Waals surface area (Å²) in [4.78, 5) is 44.6. The van der Waals surface area contributed by atoms with Crippen molar-refractivity contribution >= 4 is 28.4 Å². The molecular weight excluding hydrogens is 332 g/mol. The third-order valence-electron chi connectivity index (χ3n) is 2.17. The van der Waals surface area contributed by atoms with Crippen molar-refractivity contribution in [2.45, 2.75) is 0 Å². The second-order valence-electron chi connectivity index (χ2n) is 3.90. The van der Waals surface area contributed by atoms with Crippen LogP contribution >= 0.6 is 0 Å². The Hall–Kier alpha value is -1.81. The van der Waals surface area contributed by atoms with Gasteiger partial charge in [0, 0.05) is 0 Å². The van der Waals surface area contributed by atoms with Gasteiger partial charge in [-0.05, 0) is 0 Å². The molecule has 0 aliphatic heterocycles. The standard InChI is InChI=1S/C10H14N2O8.Fe/c13-7(14)3-11(4-8(15)16)1-2-12(5-9(17)18)6-10(19)20;/h1-5H2,(H,13,14)(H,15,16)(H,17,18)(H,19,20);. The molecule has 0 rings (SSSR count). The van der Waals surface area contributed by atoms with E-state index in [-0.39, 0.29) is 13.1 Å². The van der Waals surface area contributed by atoms with Crippen LogP contribution in [-0.2, 0) is 34.8 Å². The summed E-state index contributed by atoms with van der Waals surface area (Å²) in [6.07, 6.45) is 0. The summed E-state index contributed by atoms with van der Waals surface area (Å²) in [6.45, 7) is -2.09. The molecule has 0 aromatic carbocycles. The van der Waals surface area contributed by atoms with E-state index in [2.05, 4.69) is 15.6 Å². The number of nitrogens with zero attached hydrogens (tertiary/aromatic N) is 2. The Kier molecular flexibility index (Phi) is 8.39. The van der Waals surface area contributed by atoms with Crippen LogP contribution in [0.15, 0.2) is 0 Å². The topological polar surface area (TPSA) is 156 Å². The van der Waals surface area contributed by atoms with E-state index < -0.39 is 48.1 Å². The van der Waals surface area contributed by atoms with Crippen molar-refractivity contribution in [1.82, 2.24) is 9.80 Å². The Morgan fingerprint density at radius 1 is 0.762 bits per heavy atom. The zero-order chi connectivity index (χ0) is 16.6. The molecule has 0 aromatic heterocycles. The minimum absolute atomic E-state index is 0.141. The van der Waals surface area contributed by atoms with Gasteiger partial charge in [0.15, 0.2) is 0 Å². The summed E-state index contributed by atoms with van der Waals surface area (Å²) in [5.74, 6) is -5.21. The van der Waals surface area contributed by atoms with Crippen LogP contribution in [0.3, 0.4) is 0 Å². The second-order valence-corrected chi connectivity index (χ2v) is 4.42. The van der Waals surface area contributed by atoms with Gasteiger partial charge >= 0.3 is 126 Å². The molecule has 10 nitrogen and oxygen atoms in total. The number of carboxylic acid groups (broad SMARTS) is 4. The summed E-state index contributed by atoms with van der Waals surface area (Å²) in [5.41, 5.74) is 0. The molecule has 0 bridgehead atoms. The van der Waals surface area contributed by atoms with Crippen LogP contribution in [0, 0.1) is 0 Å². The molecule has 0 radical (unpaired) electrons. The first-order valence-corrected chi connectivity index (χ1v) is 6.06. The van der Waals surface area contributed by atoms with E-state index in [0.29, 0.717) is 0 Å². The molecular formula is C10H14FeN2O8. The van der Waals surface area contributed by atoms with Gasteiger partial charge in [0.25, 0.3) is 0 Å². The normalized spacial score (nSPS) is 10.6. The van der Waals surface area contributed by atoms with Crippen LogP contribution in [-0.4, -0.2) is 91.4 Å². The van der Waals surface area contributed by atoms with Crippen LogP contribution in [0.4, 0.5) is 0 Å². The first-order valence-electron chi connectivity index (χ1n) is 5.50. The molecule has 0 heterocycles. The molecule has 0 unspecified atom stereocenters. The molecule has 0 amide bonds. The van der Waals surface area contributed by atoms with Crippen molar-refractivity contribution in [3.63, 3.8) is 0 Å². The van der Waals surface area contributed by atoms with Gasteiger partial charge in [-0.25, -0.2) is 0 Å². The Labute approximate surface area is 126 Å². The van der Waals surface area contributed by atoms with E-state index in [1.165, 1.54) is 0 Å². The maximum atomic E-state index is 10.8. The fourth-order valence-electron chi connectivity index (χ4n) is 1.40. The molecule has 0 aromatic rings. The van der Waals surface area contributed by atoms with Crippen LogP contribution in [0.5, 0.6) is 0 Å². The Bertz CT molecular complexity index is 436. The van der Waals surface area contributed by atoms with Crippen molar-refractivity contribution in [2.75, 3.05) is 32.7 Å². The number of aliphatic carboxylic acids is 4. The molecule has 0 aliphatic rings. The van der Waals surface area contributed by atoms with Gasteiger partial charge in [-0.3, -0.25) is 0 Å². The van der Waals surface area contributed by atoms with E-state index in [4.69, 9.17) is 20.4 Å². The Morgan fingerprint density at radius 3 is 1.52 bits per heavy atom. The summed E-state index contributed by atoms with van der Waals surface area (Å²) in [6, 6.07) is 0. The first-order chi connectivity index (χ1) is 9.63. The third kappa shape index (κ3) is 8.87. The van der Waals surface area contributed by atoms with Gasteiger partial charge in [0.1, 0.15) is 0 Å². The van der Waals surface area contributed by atoms with Crippen molar-refractivity contribution in [1.29, 1.82) is 0 Å². The maximum absolute atomic E-state index is 10.8. The molecule has 0 atom stereocenters. The second kappa shape index (κ2) is 9.19. The van der Waals surface area contributed by atoms with Crippen molar-refractivity contribution in [3.05, 3.63) is 0 Å². The van der Waals surface area contributed by atoms with Crippen molar-refractivity contribution < 1.29 is 55.2 Å². The van der Waals surface area contributed by atoms with Crippen molar-refractivity contribution in [2.24, 2.45) is 0 Å². The van der Waals surface area contributed by atoms with Gasteiger partial charge in [-0.15, -0.1) is 0 Å². The molecule has 0 spiro atoms. The van der Waals surface area contributed by atoms with Crippen LogP contribution < -0.4 is 0 Å². The predicted octanol–water partition coefficient (Wildman–Crippen LogP) is -2.39. The summed E-state index contributed by atoms with van der Waals surface area (Å²) in [5, 5.41) is 34.8. The number of hydrogen-bond donors (Lipinski definition) is 4. The molecule has 0 aliphatic carbocycles. The fraction of sp³-hybridized carbons (Fsp3) is 0.500. The summed E-state index contributed by atoms with van der Waals surface area (Å²) >= 11 is 3.22. The number of carboxylic acids is 4. The molecule has 120 valence electrons. The molecule has 0 saturated carbocycles. The van der Waals surface area contributed by atoms with Gasteiger partial charge in [-0.2, -0.15) is 0 Å². The van der Waals surface area contributed by atoms with Crippen molar-refractivity contribution in [3.8, 4) is 0 Å². The zero-order valence-corrected chi connectivity index (χ0v) is 11.8. The van der Waals surface area contributed by atoms with Crippen LogP contribution in [0.2, 0.25) is 0 Å². The van der Waals surface area contributed by atoms with E-state index in [9.17, 15) is 19.2 Å². The number of carbonyl (C=O) groups is 4. The molecule has 11 heteroatoms. The first kappa shape index (κ1) is 19.2. The fourth-order valence-corrected chi connectivity index (χ4v) is 1.61. The average Bonchev–Trinajstić information content (AvgIpc) is 2.31. The van der Waals surface area contributed by atoms with E-state index >= 15 is 0 Å². The number of rotatable bonds is 11. The molecule has 0 fully saturated rings. The minimum atomic E-state index is -1.42. The van der Waals surface area contributed by atoms with Gasteiger partial charge in [0.05, 0.1) is 0 Å². The van der Waals surface area contributed by atoms with E-state index in [1.807, 2.05) is 0 Å². The number of hydrogen-bond acceptors (Lipinski definition) is 6. The zero-order valence-electron chi connectivity index (χ0n) is 10.7. The van der Waals surface area contributed by atoms with Crippen LogP contribution in [0.1, 0.15) is 0 Å². The SMILES string of the molecule is O=C(O)CN(CCN(CC(=O)O)[C](=[Fe])C(=O)O)CC(=O)O. The molecule has 21 heavy (non-hydrogen) atoms. The van der Waals surface area contributed by atoms with E-state index in [0.717, 1.165) is 9.80 Å². The van der Waals surface area contributed by atoms with E-state index in [1.54, 1.807) is 0 Å². The quantitative estimate of drug-likeness (QED) is 0.298.